The van der Waals surface area contributed by atoms with E-state index in [1.54, 1.807) is 24.3 Å². The van der Waals surface area contributed by atoms with Crippen LogP contribution in [0.25, 0.3) is 11.3 Å². The molecule has 1 heterocycles. The quantitative estimate of drug-likeness (QED) is 0.532. The Labute approximate surface area is 114 Å². The first-order valence-corrected chi connectivity index (χ1v) is 5.84. The number of nitrogens with zero attached hydrogens (tertiary/aromatic N) is 1. The van der Waals surface area contributed by atoms with E-state index in [9.17, 15) is 4.79 Å². The smallest absolute Gasteiger partial charge is 0.433 e. The summed E-state index contributed by atoms with van der Waals surface area (Å²) in [7, 11) is 1.45. The highest BCUT2D eigenvalue weighted by Gasteiger charge is 2.03. The highest BCUT2D eigenvalue weighted by molar-refractivity contribution is 6.30. The van der Waals surface area contributed by atoms with Crippen molar-refractivity contribution in [3.63, 3.8) is 0 Å². The van der Waals surface area contributed by atoms with Crippen LogP contribution in [0.5, 0.6) is 0 Å². The van der Waals surface area contributed by atoms with Crippen molar-refractivity contribution in [2.24, 2.45) is 5.16 Å². The Balaban J connectivity index is 2.06. The molecule has 0 saturated heterocycles. The minimum absolute atomic E-state index is 0.480. The maximum Gasteiger partial charge on any atom is 0.433 e. The summed E-state index contributed by atoms with van der Waals surface area (Å²) in [6, 6.07) is 10.8. The van der Waals surface area contributed by atoms with E-state index in [4.69, 9.17) is 16.0 Å². The fraction of sp³-hybridized carbons (Fsp3) is 0.0769. The molecule has 0 unspecified atom stereocenters. The van der Waals surface area contributed by atoms with Gasteiger partial charge in [-0.15, -0.1) is 0 Å². The largest absolute Gasteiger partial charge is 0.455 e. The van der Waals surface area contributed by atoms with E-state index >= 15 is 0 Å². The van der Waals surface area contributed by atoms with Crippen LogP contribution in [0.4, 0.5) is 4.79 Å². The summed E-state index contributed by atoms with van der Waals surface area (Å²) >= 11 is 5.81. The topological polar surface area (TPSA) is 63.8 Å². The van der Waals surface area contributed by atoms with Gasteiger partial charge in [-0.3, -0.25) is 4.84 Å². The molecule has 0 spiro atoms. The van der Waals surface area contributed by atoms with Crippen molar-refractivity contribution in [1.82, 2.24) is 5.32 Å². The Bertz CT molecular complexity index is 590. The number of amides is 1. The van der Waals surface area contributed by atoms with E-state index in [0.717, 1.165) is 5.56 Å². The normalized spacial score (nSPS) is 10.6. The summed E-state index contributed by atoms with van der Waals surface area (Å²) in [4.78, 5) is 15.2. The third-order valence-electron chi connectivity index (χ3n) is 2.28. The maximum absolute atomic E-state index is 10.8. The van der Waals surface area contributed by atoms with Gasteiger partial charge in [-0.1, -0.05) is 16.8 Å². The van der Waals surface area contributed by atoms with E-state index in [1.807, 2.05) is 12.1 Å². The van der Waals surface area contributed by atoms with Crippen LogP contribution in [-0.2, 0) is 4.84 Å². The monoisotopic (exact) mass is 278 g/mol. The minimum Gasteiger partial charge on any atom is -0.455 e. The molecule has 5 nitrogen and oxygen atoms in total. The van der Waals surface area contributed by atoms with Crippen molar-refractivity contribution < 1.29 is 14.0 Å². The van der Waals surface area contributed by atoms with Crippen molar-refractivity contribution >= 4 is 23.9 Å². The molecular formula is C13H11ClN2O3. The van der Waals surface area contributed by atoms with Gasteiger partial charge in [0.2, 0.25) is 0 Å². The second-order valence-corrected chi connectivity index (χ2v) is 4.01. The first kappa shape index (κ1) is 13.2. The summed E-state index contributed by atoms with van der Waals surface area (Å²) in [5.41, 5.74) is 0.899. The molecule has 1 aromatic carbocycles. The Morgan fingerprint density at radius 1 is 1.32 bits per heavy atom. The van der Waals surface area contributed by atoms with Gasteiger partial charge in [0.15, 0.2) is 0 Å². The van der Waals surface area contributed by atoms with Crippen LogP contribution in [0.3, 0.4) is 0 Å². The predicted octanol–water partition coefficient (Wildman–Crippen LogP) is 3.29. The molecule has 0 atom stereocenters. The predicted molar refractivity (Wildman–Crippen MR) is 72.3 cm³/mol. The van der Waals surface area contributed by atoms with Gasteiger partial charge in [0.25, 0.3) is 0 Å². The Kier molecular flexibility index (Phi) is 4.20. The zero-order valence-electron chi connectivity index (χ0n) is 10.1. The van der Waals surface area contributed by atoms with Crippen LogP contribution in [0.1, 0.15) is 5.76 Å². The highest BCUT2D eigenvalue weighted by Crippen LogP contribution is 2.23. The van der Waals surface area contributed by atoms with E-state index in [2.05, 4.69) is 15.3 Å². The number of hydrogen-bond donors (Lipinski definition) is 1. The van der Waals surface area contributed by atoms with Crippen molar-refractivity contribution in [2.75, 3.05) is 7.05 Å². The summed E-state index contributed by atoms with van der Waals surface area (Å²) in [5, 5.41) is 6.41. The Morgan fingerprint density at radius 3 is 2.74 bits per heavy atom. The Hall–Kier alpha value is -2.27. The zero-order chi connectivity index (χ0) is 13.7. The molecule has 1 N–H and O–H groups in total. The number of oxime groups is 1. The molecule has 0 aliphatic carbocycles. The summed E-state index contributed by atoms with van der Waals surface area (Å²) in [6.07, 6.45) is 0.676. The van der Waals surface area contributed by atoms with E-state index in [-0.39, 0.29) is 0 Å². The van der Waals surface area contributed by atoms with Gasteiger partial charge in [0.05, 0.1) is 0 Å². The van der Waals surface area contributed by atoms with Gasteiger partial charge in [0.1, 0.15) is 17.7 Å². The van der Waals surface area contributed by atoms with Crippen LogP contribution in [0.2, 0.25) is 5.02 Å². The molecule has 1 aromatic heterocycles. The molecule has 0 fully saturated rings. The molecular weight excluding hydrogens is 268 g/mol. The highest BCUT2D eigenvalue weighted by atomic mass is 35.5. The number of halogens is 1. The lowest BCUT2D eigenvalue weighted by atomic mass is 10.2. The molecule has 0 saturated carbocycles. The fourth-order valence-corrected chi connectivity index (χ4v) is 1.49. The van der Waals surface area contributed by atoms with Crippen LogP contribution < -0.4 is 5.32 Å². The molecule has 6 heteroatoms. The molecule has 2 rings (SSSR count). The number of furan rings is 1. The summed E-state index contributed by atoms with van der Waals surface area (Å²) < 4.78 is 5.52. The summed E-state index contributed by atoms with van der Waals surface area (Å²) in [5.74, 6) is 1.16. The standard InChI is InChI=1S/C13H11ClN2O3/c1-15-13(17)19-16-8-11-6-7-12(18-11)9-2-4-10(14)5-3-9/h2-8H,1H3,(H,15,17). The Morgan fingerprint density at radius 2 is 2.05 bits per heavy atom. The molecule has 0 aliphatic rings. The fourth-order valence-electron chi connectivity index (χ4n) is 1.36. The lowest BCUT2D eigenvalue weighted by Gasteiger charge is -1.96. The molecule has 0 radical (unpaired) electrons. The van der Waals surface area contributed by atoms with E-state index < -0.39 is 6.09 Å². The third-order valence-corrected chi connectivity index (χ3v) is 2.53. The second-order valence-electron chi connectivity index (χ2n) is 3.57. The number of hydrogen-bond acceptors (Lipinski definition) is 4. The molecule has 0 aliphatic heterocycles. The van der Waals surface area contributed by atoms with Gasteiger partial charge in [-0.2, -0.15) is 0 Å². The van der Waals surface area contributed by atoms with Crippen molar-refractivity contribution in [1.29, 1.82) is 0 Å². The first-order valence-electron chi connectivity index (χ1n) is 5.47. The number of carbonyl (C=O) groups is 1. The van der Waals surface area contributed by atoms with Crippen LogP contribution in [0, 0.1) is 0 Å². The SMILES string of the molecule is CNC(=O)ON=Cc1ccc(-c2ccc(Cl)cc2)o1. The average Bonchev–Trinajstić information content (AvgIpc) is 2.88. The zero-order valence-corrected chi connectivity index (χ0v) is 10.8. The van der Waals surface area contributed by atoms with E-state index in [0.29, 0.717) is 16.5 Å². The van der Waals surface area contributed by atoms with E-state index in [1.165, 1.54) is 13.3 Å². The number of benzene rings is 1. The van der Waals surface area contributed by atoms with Crippen LogP contribution in [0.15, 0.2) is 46.0 Å². The van der Waals surface area contributed by atoms with Crippen molar-refractivity contribution in [3.05, 3.63) is 47.2 Å². The lowest BCUT2D eigenvalue weighted by molar-refractivity contribution is 0.153. The molecule has 19 heavy (non-hydrogen) atoms. The van der Waals surface area contributed by atoms with Crippen molar-refractivity contribution in [3.8, 4) is 11.3 Å². The molecule has 98 valence electrons. The average molecular weight is 279 g/mol. The first-order chi connectivity index (χ1) is 9.19. The lowest BCUT2D eigenvalue weighted by Crippen LogP contribution is -2.16. The van der Waals surface area contributed by atoms with Gasteiger partial charge in [-0.25, -0.2) is 4.79 Å². The van der Waals surface area contributed by atoms with Gasteiger partial charge in [-0.05, 0) is 36.4 Å². The number of carbonyl (C=O) groups excluding carboxylic acids is 1. The van der Waals surface area contributed by atoms with Crippen molar-refractivity contribution in [2.45, 2.75) is 0 Å². The molecule has 0 bridgehead atoms. The second kappa shape index (κ2) is 6.06. The van der Waals surface area contributed by atoms with Gasteiger partial charge in [0, 0.05) is 17.6 Å². The van der Waals surface area contributed by atoms with Crippen LogP contribution in [-0.4, -0.2) is 19.4 Å². The minimum atomic E-state index is -0.638. The van der Waals surface area contributed by atoms with Gasteiger partial charge >= 0.3 is 6.09 Å². The molecule has 1 amide bonds. The summed E-state index contributed by atoms with van der Waals surface area (Å²) in [6.45, 7) is 0. The molecule has 2 aromatic rings. The van der Waals surface area contributed by atoms with Gasteiger partial charge < -0.3 is 9.73 Å². The number of nitrogens with one attached hydrogen (secondary N) is 1. The third kappa shape index (κ3) is 3.59. The van der Waals surface area contributed by atoms with Crippen LogP contribution >= 0.6 is 11.6 Å². The maximum atomic E-state index is 10.8. The number of rotatable bonds is 3.